The molecule has 1 fully saturated rings. The summed E-state index contributed by atoms with van der Waals surface area (Å²) in [5.41, 5.74) is 2.19. The highest BCUT2D eigenvalue weighted by molar-refractivity contribution is 14.1. The van der Waals surface area contributed by atoms with Gasteiger partial charge in [-0.2, -0.15) is 0 Å². The second kappa shape index (κ2) is 10.3. The summed E-state index contributed by atoms with van der Waals surface area (Å²) in [5, 5.41) is 10.4. The van der Waals surface area contributed by atoms with Crippen molar-refractivity contribution in [3.63, 3.8) is 0 Å². The van der Waals surface area contributed by atoms with E-state index in [1.807, 2.05) is 60.7 Å². The van der Waals surface area contributed by atoms with Crippen molar-refractivity contribution in [1.29, 1.82) is 0 Å². The highest BCUT2D eigenvalue weighted by Gasteiger charge is 2.45. The molecule has 0 aromatic heterocycles. The fourth-order valence-electron chi connectivity index (χ4n) is 2.91. The standard InChI is InChI=1S/C20H22I2O4/c21-11-16-18(24-12-14-7-3-1-4-8-14)17(22)19(20(23)26-16)25-13-15-9-5-2-6-10-15/h1-10,16-20,23H,11-13H2/t16-,17-,18-,19+,20+/m1/s1. The third-order valence-corrected chi connectivity index (χ3v) is 6.60. The van der Waals surface area contributed by atoms with Crippen molar-refractivity contribution in [2.75, 3.05) is 4.43 Å². The fourth-order valence-corrected chi connectivity index (χ4v) is 4.86. The van der Waals surface area contributed by atoms with Gasteiger partial charge in [-0.25, -0.2) is 0 Å². The number of rotatable bonds is 7. The maximum atomic E-state index is 10.4. The van der Waals surface area contributed by atoms with Crippen LogP contribution in [0, 0.1) is 0 Å². The molecule has 6 heteroatoms. The molecular formula is C20H22I2O4. The van der Waals surface area contributed by atoms with Crippen LogP contribution in [0.25, 0.3) is 0 Å². The second-order valence-corrected chi connectivity index (χ2v) is 8.51. The molecule has 26 heavy (non-hydrogen) atoms. The average molecular weight is 580 g/mol. The molecule has 1 aliphatic heterocycles. The van der Waals surface area contributed by atoms with Gasteiger partial charge in [0.25, 0.3) is 0 Å². The quantitative estimate of drug-likeness (QED) is 0.396. The molecule has 0 aliphatic carbocycles. The predicted molar refractivity (Wildman–Crippen MR) is 118 cm³/mol. The molecule has 0 spiro atoms. The van der Waals surface area contributed by atoms with Gasteiger partial charge in [0.1, 0.15) is 6.10 Å². The summed E-state index contributed by atoms with van der Waals surface area (Å²) >= 11 is 4.60. The number of hydrogen-bond donors (Lipinski definition) is 1. The van der Waals surface area contributed by atoms with E-state index in [-0.39, 0.29) is 16.1 Å². The van der Waals surface area contributed by atoms with Crippen LogP contribution < -0.4 is 0 Å². The molecule has 2 aromatic rings. The van der Waals surface area contributed by atoms with E-state index in [1.165, 1.54) is 0 Å². The monoisotopic (exact) mass is 580 g/mol. The zero-order chi connectivity index (χ0) is 18.4. The number of ether oxygens (including phenoxy) is 3. The smallest absolute Gasteiger partial charge is 0.182 e. The predicted octanol–water partition coefficient (Wildman–Crippen LogP) is 4.11. The maximum Gasteiger partial charge on any atom is 0.182 e. The van der Waals surface area contributed by atoms with Crippen molar-refractivity contribution in [1.82, 2.24) is 0 Å². The molecule has 140 valence electrons. The molecule has 1 aliphatic rings. The number of aliphatic hydroxyl groups excluding tert-OH is 1. The van der Waals surface area contributed by atoms with Crippen molar-refractivity contribution in [3.8, 4) is 0 Å². The van der Waals surface area contributed by atoms with Gasteiger partial charge >= 0.3 is 0 Å². The largest absolute Gasteiger partial charge is 0.370 e. The summed E-state index contributed by atoms with van der Waals surface area (Å²) < 4.78 is 18.7. The molecule has 2 aromatic carbocycles. The molecule has 4 nitrogen and oxygen atoms in total. The minimum absolute atomic E-state index is 0.0106. The van der Waals surface area contributed by atoms with Crippen LogP contribution in [0.4, 0.5) is 0 Å². The van der Waals surface area contributed by atoms with Crippen molar-refractivity contribution in [2.45, 2.75) is 41.7 Å². The lowest BCUT2D eigenvalue weighted by molar-refractivity contribution is -0.254. The van der Waals surface area contributed by atoms with Crippen molar-refractivity contribution >= 4 is 45.2 Å². The van der Waals surface area contributed by atoms with E-state index in [0.29, 0.717) is 13.2 Å². The van der Waals surface area contributed by atoms with Crippen LogP contribution in [0.15, 0.2) is 60.7 Å². The summed E-state index contributed by atoms with van der Waals surface area (Å²) in [5.74, 6) is 0. The van der Waals surface area contributed by atoms with E-state index in [9.17, 15) is 5.11 Å². The van der Waals surface area contributed by atoms with E-state index in [0.717, 1.165) is 15.6 Å². The lowest BCUT2D eigenvalue weighted by Gasteiger charge is -2.42. The molecular weight excluding hydrogens is 558 g/mol. The molecule has 0 saturated carbocycles. The SMILES string of the molecule is O[C@H]1O[C@H](CI)[C@@H](OCc2ccccc2)[C@@H](I)[C@@H]1OCc1ccccc1. The Balaban J connectivity index is 1.64. The third-order valence-electron chi connectivity index (χ3n) is 4.31. The van der Waals surface area contributed by atoms with Gasteiger partial charge in [0.15, 0.2) is 6.29 Å². The first-order valence-corrected chi connectivity index (χ1v) is 11.3. The Kier molecular flexibility index (Phi) is 8.13. The Bertz CT molecular complexity index is 655. The zero-order valence-electron chi connectivity index (χ0n) is 14.2. The van der Waals surface area contributed by atoms with Gasteiger partial charge in [0.05, 0.1) is 29.3 Å². The molecule has 0 amide bonds. The van der Waals surface area contributed by atoms with Gasteiger partial charge in [0, 0.05) is 4.43 Å². The van der Waals surface area contributed by atoms with Crippen LogP contribution in [0.3, 0.4) is 0 Å². The van der Waals surface area contributed by atoms with Crippen LogP contribution in [0.5, 0.6) is 0 Å². The van der Waals surface area contributed by atoms with Gasteiger partial charge in [0.2, 0.25) is 0 Å². The summed E-state index contributed by atoms with van der Waals surface area (Å²) in [6, 6.07) is 20.0. The van der Waals surface area contributed by atoms with Gasteiger partial charge in [-0.15, -0.1) is 0 Å². The van der Waals surface area contributed by atoms with E-state index < -0.39 is 12.4 Å². The second-order valence-electron chi connectivity index (χ2n) is 6.19. The average Bonchev–Trinajstić information content (AvgIpc) is 2.68. The van der Waals surface area contributed by atoms with E-state index in [1.54, 1.807) is 0 Å². The zero-order valence-corrected chi connectivity index (χ0v) is 18.5. The Morgan fingerprint density at radius 1 is 0.846 bits per heavy atom. The van der Waals surface area contributed by atoms with E-state index >= 15 is 0 Å². The third kappa shape index (κ3) is 5.39. The van der Waals surface area contributed by atoms with E-state index in [2.05, 4.69) is 45.2 Å². The topological polar surface area (TPSA) is 47.9 Å². The van der Waals surface area contributed by atoms with Gasteiger partial charge in [-0.05, 0) is 11.1 Å². The first-order valence-electron chi connectivity index (χ1n) is 8.53. The van der Waals surface area contributed by atoms with Gasteiger partial charge in [-0.1, -0.05) is 106 Å². The van der Waals surface area contributed by atoms with Gasteiger partial charge < -0.3 is 19.3 Å². The molecule has 5 atom stereocenters. The molecule has 1 N–H and O–H groups in total. The highest BCUT2D eigenvalue weighted by Crippen LogP contribution is 2.32. The molecule has 3 rings (SSSR count). The molecule has 1 saturated heterocycles. The number of halogens is 2. The first kappa shape index (κ1) is 20.5. The van der Waals surface area contributed by atoms with Crippen LogP contribution in [-0.4, -0.2) is 38.1 Å². The Labute approximate surface area is 181 Å². The van der Waals surface area contributed by atoms with Gasteiger partial charge in [-0.3, -0.25) is 0 Å². The first-order chi connectivity index (χ1) is 12.7. The van der Waals surface area contributed by atoms with Crippen LogP contribution >= 0.6 is 45.2 Å². The fraction of sp³-hybridized carbons (Fsp3) is 0.400. The lowest BCUT2D eigenvalue weighted by Crippen LogP contribution is -2.57. The Hall–Kier alpha value is -0.260. The summed E-state index contributed by atoms with van der Waals surface area (Å²) in [6.45, 7) is 0.953. The Morgan fingerprint density at radius 3 is 1.85 bits per heavy atom. The van der Waals surface area contributed by atoms with E-state index in [4.69, 9.17) is 14.2 Å². The number of aliphatic hydroxyl groups is 1. The molecule has 0 unspecified atom stereocenters. The summed E-state index contributed by atoms with van der Waals surface area (Å²) in [4.78, 5) is 0. The van der Waals surface area contributed by atoms with Crippen LogP contribution in [0.1, 0.15) is 11.1 Å². The molecule has 0 bridgehead atoms. The number of hydrogen-bond acceptors (Lipinski definition) is 4. The maximum absolute atomic E-state index is 10.4. The number of alkyl halides is 2. The van der Waals surface area contributed by atoms with Crippen molar-refractivity contribution in [3.05, 3.63) is 71.8 Å². The van der Waals surface area contributed by atoms with Crippen LogP contribution in [-0.2, 0) is 27.4 Å². The number of benzene rings is 2. The summed E-state index contributed by atoms with van der Waals surface area (Å²) in [7, 11) is 0. The van der Waals surface area contributed by atoms with Crippen molar-refractivity contribution < 1.29 is 19.3 Å². The van der Waals surface area contributed by atoms with Crippen LogP contribution in [0.2, 0.25) is 0 Å². The highest BCUT2D eigenvalue weighted by atomic mass is 127. The normalized spacial score (nSPS) is 28.8. The Morgan fingerprint density at radius 2 is 1.35 bits per heavy atom. The minimum atomic E-state index is -0.947. The molecule has 0 radical (unpaired) electrons. The lowest BCUT2D eigenvalue weighted by atomic mass is 10.0. The molecule has 1 heterocycles. The van der Waals surface area contributed by atoms with Crippen molar-refractivity contribution in [2.24, 2.45) is 0 Å². The summed E-state index contributed by atoms with van der Waals surface area (Å²) in [6.07, 6.45) is -1.68. The minimum Gasteiger partial charge on any atom is -0.370 e.